The summed E-state index contributed by atoms with van der Waals surface area (Å²) in [7, 11) is -2.37. The molecule has 0 aliphatic carbocycles. The van der Waals surface area contributed by atoms with Crippen LogP contribution in [0.15, 0.2) is 53.4 Å². The van der Waals surface area contributed by atoms with E-state index in [4.69, 9.17) is 21.1 Å². The Balaban J connectivity index is 1.53. The van der Waals surface area contributed by atoms with Crippen molar-refractivity contribution in [2.24, 2.45) is 0 Å². The summed E-state index contributed by atoms with van der Waals surface area (Å²) in [5.74, 6) is -1.12. The lowest BCUT2D eigenvalue weighted by molar-refractivity contribution is -0.140. The summed E-state index contributed by atoms with van der Waals surface area (Å²) < 4.78 is 38.0. The van der Waals surface area contributed by atoms with Gasteiger partial charge in [-0.1, -0.05) is 23.7 Å². The molecule has 1 atom stereocenters. The summed E-state index contributed by atoms with van der Waals surface area (Å²) in [5.41, 5.74) is 0.968. The van der Waals surface area contributed by atoms with Crippen LogP contribution in [-0.4, -0.2) is 64.1 Å². The predicted molar refractivity (Wildman–Crippen MR) is 122 cm³/mol. The smallest absolute Gasteiger partial charge is 0.309 e. The van der Waals surface area contributed by atoms with Gasteiger partial charge in [0.1, 0.15) is 12.0 Å². The van der Waals surface area contributed by atoms with E-state index in [9.17, 15) is 18.0 Å². The molecule has 2 amide bonds. The lowest BCUT2D eigenvalue weighted by atomic mass is 10.1. The number of sulfonamides is 1. The molecule has 11 heteroatoms. The molecular formula is C22H26ClN3O6S. The second kappa shape index (κ2) is 11.5. The van der Waals surface area contributed by atoms with Gasteiger partial charge in [0.25, 0.3) is 0 Å². The fraction of sp³-hybridized carbons (Fsp3) is 0.364. The highest BCUT2D eigenvalue weighted by molar-refractivity contribution is 7.89. The number of hydrogen-bond donors (Lipinski definition) is 2. The van der Waals surface area contributed by atoms with Crippen LogP contribution < -0.4 is 15.4 Å². The largest absolute Gasteiger partial charge is 0.497 e. The first-order chi connectivity index (χ1) is 15.8. The maximum atomic E-state index is 13.1. The molecule has 1 aliphatic heterocycles. The molecule has 0 aromatic heterocycles. The number of halogens is 1. The molecule has 0 bridgehead atoms. The first kappa shape index (κ1) is 25.0. The minimum atomic E-state index is -3.86. The van der Waals surface area contributed by atoms with Crippen molar-refractivity contribution < 1.29 is 27.5 Å². The molecule has 2 aromatic rings. The van der Waals surface area contributed by atoms with Crippen LogP contribution in [0.3, 0.4) is 0 Å². The van der Waals surface area contributed by atoms with E-state index in [1.54, 1.807) is 24.3 Å². The third-order valence-electron chi connectivity index (χ3n) is 5.08. The molecule has 1 heterocycles. The number of hydrogen-bond acceptors (Lipinski definition) is 6. The van der Waals surface area contributed by atoms with Gasteiger partial charge >= 0.3 is 11.8 Å². The molecule has 1 saturated heterocycles. The first-order valence-corrected chi connectivity index (χ1v) is 12.2. The van der Waals surface area contributed by atoms with Crippen LogP contribution in [0.2, 0.25) is 5.02 Å². The Morgan fingerprint density at radius 2 is 1.76 bits per heavy atom. The summed E-state index contributed by atoms with van der Waals surface area (Å²) in [5, 5.41) is 5.62. The SMILES string of the molecule is COc1ccc(S(=O)(=O)N2CCCO[C@@H]2CNC(=O)C(=O)NCCc2ccc(Cl)cc2)cc1. The maximum Gasteiger partial charge on any atom is 0.309 e. The number of rotatable bonds is 8. The molecule has 0 spiro atoms. The van der Waals surface area contributed by atoms with Crippen molar-refractivity contribution in [3.8, 4) is 5.75 Å². The van der Waals surface area contributed by atoms with Gasteiger partial charge in [-0.2, -0.15) is 4.31 Å². The van der Waals surface area contributed by atoms with Crippen LogP contribution in [0.5, 0.6) is 5.75 Å². The Hall–Kier alpha value is -2.66. The fourth-order valence-electron chi connectivity index (χ4n) is 3.30. The molecule has 2 aromatic carbocycles. The van der Waals surface area contributed by atoms with Crippen molar-refractivity contribution in [2.45, 2.75) is 24.0 Å². The normalized spacial score (nSPS) is 16.7. The Kier molecular flexibility index (Phi) is 8.67. The number of nitrogens with one attached hydrogen (secondary N) is 2. The van der Waals surface area contributed by atoms with Gasteiger partial charge in [-0.05, 0) is 54.8 Å². The number of methoxy groups -OCH3 is 1. The highest BCUT2D eigenvalue weighted by Crippen LogP contribution is 2.23. The van der Waals surface area contributed by atoms with E-state index in [1.165, 1.54) is 23.5 Å². The molecule has 0 unspecified atom stereocenters. The maximum absolute atomic E-state index is 13.1. The van der Waals surface area contributed by atoms with E-state index in [-0.39, 0.29) is 24.5 Å². The van der Waals surface area contributed by atoms with Crippen LogP contribution in [-0.2, 0) is 30.8 Å². The van der Waals surface area contributed by atoms with Crippen molar-refractivity contribution >= 4 is 33.4 Å². The van der Waals surface area contributed by atoms with Crippen LogP contribution in [0.4, 0.5) is 0 Å². The van der Waals surface area contributed by atoms with Gasteiger partial charge in [-0.3, -0.25) is 9.59 Å². The number of ether oxygens (including phenoxy) is 2. The zero-order valence-corrected chi connectivity index (χ0v) is 19.7. The predicted octanol–water partition coefficient (Wildman–Crippen LogP) is 1.56. The minimum Gasteiger partial charge on any atom is -0.497 e. The summed E-state index contributed by atoms with van der Waals surface area (Å²) >= 11 is 5.84. The second-order valence-corrected chi connectivity index (χ2v) is 9.64. The Morgan fingerprint density at radius 1 is 1.09 bits per heavy atom. The first-order valence-electron chi connectivity index (χ1n) is 10.4. The van der Waals surface area contributed by atoms with Crippen LogP contribution in [0.1, 0.15) is 12.0 Å². The Bertz CT molecular complexity index is 1060. The average molecular weight is 496 g/mol. The van der Waals surface area contributed by atoms with E-state index in [0.717, 1.165) is 5.56 Å². The molecule has 3 rings (SSSR count). The van der Waals surface area contributed by atoms with E-state index in [1.807, 2.05) is 12.1 Å². The molecule has 9 nitrogen and oxygen atoms in total. The number of carbonyl (C=O) groups excluding carboxylic acids is 2. The van der Waals surface area contributed by atoms with Crippen molar-refractivity contribution in [3.63, 3.8) is 0 Å². The standard InChI is InChI=1S/C22H26ClN3O6S/c1-31-18-7-9-19(10-8-18)33(29,30)26-13-2-14-32-20(26)15-25-22(28)21(27)24-12-11-16-3-5-17(23)6-4-16/h3-10,20H,2,11-15H2,1H3,(H,24,27)(H,25,28)/t20-/m1/s1. The van der Waals surface area contributed by atoms with Gasteiger partial charge in [0.2, 0.25) is 10.0 Å². The summed E-state index contributed by atoms with van der Waals surface area (Å²) in [6.07, 6.45) is 0.137. The Labute approximate surface area is 198 Å². The molecule has 2 N–H and O–H groups in total. The van der Waals surface area contributed by atoms with Crippen LogP contribution in [0.25, 0.3) is 0 Å². The lowest BCUT2D eigenvalue weighted by Gasteiger charge is -2.34. The van der Waals surface area contributed by atoms with Gasteiger partial charge in [-0.15, -0.1) is 0 Å². The zero-order valence-electron chi connectivity index (χ0n) is 18.1. The van der Waals surface area contributed by atoms with Gasteiger partial charge in [0.05, 0.1) is 25.2 Å². The number of nitrogens with zero attached hydrogens (tertiary/aromatic N) is 1. The number of amides is 2. The van der Waals surface area contributed by atoms with Crippen molar-refractivity contribution in [3.05, 3.63) is 59.1 Å². The van der Waals surface area contributed by atoms with E-state index in [0.29, 0.717) is 30.2 Å². The Morgan fingerprint density at radius 3 is 2.42 bits per heavy atom. The fourth-order valence-corrected chi connectivity index (χ4v) is 4.99. The third kappa shape index (κ3) is 6.67. The summed E-state index contributed by atoms with van der Waals surface area (Å²) in [6, 6.07) is 13.2. The van der Waals surface area contributed by atoms with E-state index in [2.05, 4.69) is 10.6 Å². The lowest BCUT2D eigenvalue weighted by Crippen LogP contribution is -2.53. The molecule has 0 radical (unpaired) electrons. The summed E-state index contributed by atoms with van der Waals surface area (Å²) in [4.78, 5) is 24.4. The molecule has 0 saturated carbocycles. The van der Waals surface area contributed by atoms with Crippen molar-refractivity contribution in [1.29, 1.82) is 0 Å². The monoisotopic (exact) mass is 495 g/mol. The third-order valence-corrected chi connectivity index (χ3v) is 7.23. The molecule has 33 heavy (non-hydrogen) atoms. The summed E-state index contributed by atoms with van der Waals surface area (Å²) in [6.45, 7) is 0.704. The quantitative estimate of drug-likeness (QED) is 0.537. The highest BCUT2D eigenvalue weighted by Gasteiger charge is 2.35. The zero-order chi connectivity index (χ0) is 23.8. The number of benzene rings is 2. The second-order valence-electron chi connectivity index (χ2n) is 7.31. The van der Waals surface area contributed by atoms with E-state index < -0.39 is 28.1 Å². The van der Waals surface area contributed by atoms with Crippen LogP contribution in [0, 0.1) is 0 Å². The van der Waals surface area contributed by atoms with Gasteiger partial charge < -0.3 is 20.1 Å². The van der Waals surface area contributed by atoms with Gasteiger partial charge in [-0.25, -0.2) is 8.42 Å². The van der Waals surface area contributed by atoms with Crippen molar-refractivity contribution in [2.75, 3.05) is 33.4 Å². The number of carbonyl (C=O) groups is 2. The molecular weight excluding hydrogens is 470 g/mol. The van der Waals surface area contributed by atoms with Crippen molar-refractivity contribution in [1.82, 2.24) is 14.9 Å². The highest BCUT2D eigenvalue weighted by atomic mass is 35.5. The van der Waals surface area contributed by atoms with Gasteiger partial charge in [0.15, 0.2) is 0 Å². The van der Waals surface area contributed by atoms with Crippen LogP contribution >= 0.6 is 11.6 Å². The minimum absolute atomic E-state index is 0.0880. The van der Waals surface area contributed by atoms with E-state index >= 15 is 0 Å². The molecule has 1 aliphatic rings. The topological polar surface area (TPSA) is 114 Å². The average Bonchev–Trinajstić information content (AvgIpc) is 2.83. The molecule has 1 fully saturated rings. The molecule has 178 valence electrons. The van der Waals surface area contributed by atoms with Gasteiger partial charge in [0, 0.05) is 18.1 Å².